The van der Waals surface area contributed by atoms with Gasteiger partial charge in [0.2, 0.25) is 5.91 Å². The number of esters is 2. The van der Waals surface area contributed by atoms with Crippen LogP contribution in [-0.4, -0.2) is 54.4 Å². The van der Waals surface area contributed by atoms with E-state index in [-0.39, 0.29) is 31.9 Å². The lowest BCUT2D eigenvalue weighted by atomic mass is 9.79. The maximum absolute atomic E-state index is 13.3. The average Bonchev–Trinajstić information content (AvgIpc) is 3.19. The molecule has 1 amide bonds. The van der Waals surface area contributed by atoms with Crippen molar-refractivity contribution in [1.29, 1.82) is 0 Å². The van der Waals surface area contributed by atoms with E-state index in [1.54, 1.807) is 10.2 Å². The summed E-state index contributed by atoms with van der Waals surface area (Å²) in [6.07, 6.45) is 15.5. The van der Waals surface area contributed by atoms with Crippen molar-refractivity contribution in [3.63, 3.8) is 0 Å². The number of hydrogen-bond donors (Lipinski definition) is 0. The largest absolute Gasteiger partial charge is 0.497 e. The van der Waals surface area contributed by atoms with Gasteiger partial charge in [0.05, 0.1) is 63.1 Å². The molecule has 296 valence electrons. The van der Waals surface area contributed by atoms with Crippen molar-refractivity contribution in [1.82, 2.24) is 3.11 Å². The van der Waals surface area contributed by atoms with Gasteiger partial charge in [-0.15, -0.1) is 0 Å². The summed E-state index contributed by atoms with van der Waals surface area (Å²) in [7, 11) is 2.92. The van der Waals surface area contributed by atoms with Crippen LogP contribution in [-0.2, 0) is 34.2 Å². The molecule has 0 aliphatic heterocycles. The quantitative estimate of drug-likeness (QED) is 0.0248. The first kappa shape index (κ1) is 45.0. The second-order valence-corrected chi connectivity index (χ2v) is 15.2. The number of nitrogens with zero attached hydrogens (tertiary/aromatic N) is 1. The molecule has 3 rings (SSSR count). The normalized spacial score (nSPS) is 12.8. The summed E-state index contributed by atoms with van der Waals surface area (Å²) in [6.45, 7) is 4.40. The van der Waals surface area contributed by atoms with Gasteiger partial charge in [-0.1, -0.05) is 156 Å². The lowest BCUT2D eigenvalue weighted by molar-refractivity contribution is -0.158. The maximum atomic E-state index is 13.3. The van der Waals surface area contributed by atoms with Crippen LogP contribution in [0.25, 0.3) is 0 Å². The summed E-state index contributed by atoms with van der Waals surface area (Å²) in [4.78, 5) is 38.2. The molecule has 0 radical (unpaired) electrons. The molecule has 2 atom stereocenters. The predicted octanol–water partition coefficient (Wildman–Crippen LogP) is 10.8. The standard InChI is InChI=1S/C45H62INO7/c1-5-6-7-8-9-10-11-12-13-14-15-16-20-23-42(48)47(46)34-41(54-44(50)33-32-43(49)52-4)35-53-45(37-21-18-17-19-22-37,38-26-24-36(2)25-27-38)39-28-30-40(51-3)31-29-39/h17-19,21-22,24-31,41H,5-16,20,23,32-35H2,1-4H3. The fourth-order valence-electron chi connectivity index (χ4n) is 6.63. The third-order valence-corrected chi connectivity index (χ3v) is 10.7. The highest BCUT2D eigenvalue weighted by molar-refractivity contribution is 14.1. The molecule has 0 spiro atoms. The number of methoxy groups -OCH3 is 2. The molecule has 8 nitrogen and oxygen atoms in total. The lowest BCUT2D eigenvalue weighted by Gasteiger charge is -2.37. The van der Waals surface area contributed by atoms with Gasteiger partial charge in [-0.25, -0.2) is 0 Å². The first-order valence-corrected chi connectivity index (χ1v) is 20.8. The Balaban J connectivity index is 1.71. The number of hydrogen-bond acceptors (Lipinski definition) is 7. The van der Waals surface area contributed by atoms with Gasteiger partial charge in [0, 0.05) is 6.42 Å². The highest BCUT2D eigenvalue weighted by atomic mass is 127. The molecule has 9 heteroatoms. The van der Waals surface area contributed by atoms with Crippen molar-refractivity contribution in [2.24, 2.45) is 0 Å². The topological polar surface area (TPSA) is 91.4 Å². The number of amides is 1. The minimum Gasteiger partial charge on any atom is -0.497 e. The summed E-state index contributed by atoms with van der Waals surface area (Å²) >= 11 is 2.02. The number of carbonyl (C=O) groups is 3. The number of halogens is 1. The van der Waals surface area contributed by atoms with E-state index < -0.39 is 23.6 Å². The van der Waals surface area contributed by atoms with Crippen LogP contribution < -0.4 is 4.74 Å². The highest BCUT2D eigenvalue weighted by Gasteiger charge is 2.39. The molecule has 0 aliphatic carbocycles. The molecule has 54 heavy (non-hydrogen) atoms. The van der Waals surface area contributed by atoms with Crippen molar-refractivity contribution >= 4 is 40.7 Å². The van der Waals surface area contributed by atoms with Crippen molar-refractivity contribution in [2.45, 2.75) is 128 Å². The smallest absolute Gasteiger partial charge is 0.306 e. The van der Waals surface area contributed by atoms with Crippen molar-refractivity contribution in [3.05, 3.63) is 101 Å². The zero-order chi connectivity index (χ0) is 39.0. The van der Waals surface area contributed by atoms with Crippen LogP contribution in [0.15, 0.2) is 78.9 Å². The molecule has 0 bridgehead atoms. The Bertz CT molecular complexity index is 1500. The summed E-state index contributed by atoms with van der Waals surface area (Å²) in [6, 6.07) is 25.9. The van der Waals surface area contributed by atoms with Crippen LogP contribution in [0.5, 0.6) is 5.75 Å². The molecule has 3 aromatic carbocycles. The third kappa shape index (κ3) is 15.4. The van der Waals surface area contributed by atoms with Gasteiger partial charge in [0.25, 0.3) is 0 Å². The molecule has 0 saturated heterocycles. The van der Waals surface area contributed by atoms with E-state index in [4.69, 9.17) is 18.9 Å². The van der Waals surface area contributed by atoms with Gasteiger partial charge >= 0.3 is 11.9 Å². The second-order valence-electron chi connectivity index (χ2n) is 14.1. The Hall–Kier alpha value is -3.44. The summed E-state index contributed by atoms with van der Waals surface area (Å²) < 4.78 is 24.8. The second kappa shape index (κ2) is 25.6. The molecule has 0 saturated carbocycles. The van der Waals surface area contributed by atoms with Crippen LogP contribution in [0.3, 0.4) is 0 Å². The van der Waals surface area contributed by atoms with E-state index in [0.29, 0.717) is 12.2 Å². The van der Waals surface area contributed by atoms with Crippen molar-refractivity contribution in [3.8, 4) is 5.75 Å². The molecule has 2 unspecified atom stereocenters. The first-order valence-electron chi connectivity index (χ1n) is 19.9. The number of benzene rings is 3. The molecule has 0 aliphatic rings. The molecular formula is C45H62INO7. The summed E-state index contributed by atoms with van der Waals surface area (Å²) in [5.41, 5.74) is 2.66. The van der Waals surface area contributed by atoms with Gasteiger partial charge in [-0.05, 0) is 42.2 Å². The SMILES string of the molecule is CCCCCCCCCCCCCCCC(=O)N(I)CC(COC(c1ccccc1)(c1ccc(C)cc1)c1ccc(OC)cc1)OC(=O)CCC(=O)OC. The Morgan fingerprint density at radius 2 is 1.15 bits per heavy atom. The van der Waals surface area contributed by atoms with Crippen LogP contribution >= 0.6 is 22.9 Å². The van der Waals surface area contributed by atoms with Crippen LogP contribution in [0.1, 0.15) is 132 Å². The predicted molar refractivity (Wildman–Crippen MR) is 224 cm³/mol. The van der Waals surface area contributed by atoms with Gasteiger partial charge in [0.1, 0.15) is 17.5 Å². The Morgan fingerprint density at radius 3 is 1.69 bits per heavy atom. The van der Waals surface area contributed by atoms with Gasteiger partial charge in [-0.2, -0.15) is 0 Å². The minimum atomic E-state index is -1.09. The van der Waals surface area contributed by atoms with E-state index in [1.165, 1.54) is 71.3 Å². The number of rotatable bonds is 27. The van der Waals surface area contributed by atoms with E-state index in [1.807, 2.05) is 109 Å². The Morgan fingerprint density at radius 1 is 0.648 bits per heavy atom. The minimum absolute atomic E-state index is 0.0164. The summed E-state index contributed by atoms with van der Waals surface area (Å²) in [5.74, 6) is -0.361. The zero-order valence-electron chi connectivity index (χ0n) is 33.0. The van der Waals surface area contributed by atoms with E-state index in [0.717, 1.165) is 41.5 Å². The molecule has 0 heterocycles. The highest BCUT2D eigenvalue weighted by Crippen LogP contribution is 2.41. The number of carbonyl (C=O) groups excluding carboxylic acids is 3. The van der Waals surface area contributed by atoms with Crippen molar-refractivity contribution < 1.29 is 33.3 Å². The molecule has 0 N–H and O–H groups in total. The van der Waals surface area contributed by atoms with Crippen LogP contribution in [0, 0.1) is 6.92 Å². The fraction of sp³-hybridized carbons (Fsp3) is 0.533. The van der Waals surface area contributed by atoms with Gasteiger partial charge in [-0.3, -0.25) is 17.5 Å². The number of aryl methyl sites for hydroxylation is 1. The number of unbranched alkanes of at least 4 members (excludes halogenated alkanes) is 12. The van der Waals surface area contributed by atoms with E-state index in [9.17, 15) is 14.4 Å². The van der Waals surface area contributed by atoms with Gasteiger partial charge in [0.15, 0.2) is 0 Å². The van der Waals surface area contributed by atoms with E-state index in [2.05, 4.69) is 6.92 Å². The molecule has 0 aromatic heterocycles. The lowest BCUT2D eigenvalue weighted by Crippen LogP contribution is -2.41. The average molecular weight is 856 g/mol. The number of ether oxygens (including phenoxy) is 4. The van der Waals surface area contributed by atoms with E-state index >= 15 is 0 Å². The molecule has 0 fully saturated rings. The fourth-order valence-corrected chi connectivity index (χ4v) is 7.31. The molecule has 3 aromatic rings. The van der Waals surface area contributed by atoms with Crippen molar-refractivity contribution in [2.75, 3.05) is 27.4 Å². The molecular weight excluding hydrogens is 793 g/mol. The monoisotopic (exact) mass is 855 g/mol. The first-order chi connectivity index (χ1) is 26.2. The van der Waals surface area contributed by atoms with Crippen LogP contribution in [0.4, 0.5) is 0 Å². The van der Waals surface area contributed by atoms with Gasteiger partial charge < -0.3 is 18.9 Å². The Kier molecular flexibility index (Phi) is 21.3. The maximum Gasteiger partial charge on any atom is 0.306 e. The Labute approximate surface area is 338 Å². The summed E-state index contributed by atoms with van der Waals surface area (Å²) in [5, 5.41) is 0. The zero-order valence-corrected chi connectivity index (χ0v) is 35.2. The van der Waals surface area contributed by atoms with Crippen LogP contribution in [0.2, 0.25) is 0 Å². The third-order valence-electron chi connectivity index (χ3n) is 9.81.